The summed E-state index contributed by atoms with van der Waals surface area (Å²) in [6.45, 7) is 1.37. The zero-order valence-corrected chi connectivity index (χ0v) is 14.5. The van der Waals surface area contributed by atoms with Crippen LogP contribution in [0.25, 0.3) is 10.9 Å². The topological polar surface area (TPSA) is 43.3 Å². The summed E-state index contributed by atoms with van der Waals surface area (Å²) in [5, 5.41) is 3.78. The summed E-state index contributed by atoms with van der Waals surface area (Å²) in [5.74, 6) is -1.54. The molecule has 136 valence electrons. The SMILES string of the molecule is COCCn1ccc2cc(NC(=O)CCc3c(F)cccc3F)ccc21. The van der Waals surface area contributed by atoms with E-state index in [1.165, 1.54) is 18.2 Å². The van der Waals surface area contributed by atoms with Gasteiger partial charge in [0.05, 0.1) is 6.61 Å². The molecule has 1 amide bonds. The smallest absolute Gasteiger partial charge is 0.224 e. The first kappa shape index (κ1) is 18.1. The number of hydrogen-bond donors (Lipinski definition) is 1. The molecule has 1 heterocycles. The van der Waals surface area contributed by atoms with E-state index in [0.717, 1.165) is 17.4 Å². The monoisotopic (exact) mass is 358 g/mol. The molecule has 2 aromatic carbocycles. The standard InChI is InChI=1S/C20H20F2N2O2/c1-26-12-11-24-10-9-14-13-15(5-7-19(14)24)23-20(25)8-6-16-17(21)3-2-4-18(16)22/h2-5,7,9-10,13H,6,8,11-12H2,1H3,(H,23,25). The molecular weight excluding hydrogens is 338 g/mol. The molecule has 1 aromatic heterocycles. The number of hydrogen-bond acceptors (Lipinski definition) is 2. The van der Waals surface area contributed by atoms with Crippen LogP contribution in [0.15, 0.2) is 48.7 Å². The van der Waals surface area contributed by atoms with Gasteiger partial charge in [-0.3, -0.25) is 4.79 Å². The molecule has 0 spiro atoms. The first-order valence-corrected chi connectivity index (χ1v) is 8.39. The fourth-order valence-electron chi connectivity index (χ4n) is 2.90. The Bertz CT molecular complexity index is 901. The van der Waals surface area contributed by atoms with E-state index in [1.807, 2.05) is 30.5 Å². The van der Waals surface area contributed by atoms with Crippen molar-refractivity contribution in [2.75, 3.05) is 19.0 Å². The minimum absolute atomic E-state index is 0.00470. The fraction of sp³-hybridized carbons (Fsp3) is 0.250. The van der Waals surface area contributed by atoms with Crippen LogP contribution in [-0.2, 0) is 22.5 Å². The highest BCUT2D eigenvalue weighted by Gasteiger charge is 2.11. The van der Waals surface area contributed by atoms with Crippen molar-refractivity contribution >= 4 is 22.5 Å². The molecule has 3 aromatic rings. The van der Waals surface area contributed by atoms with Crippen LogP contribution in [-0.4, -0.2) is 24.2 Å². The van der Waals surface area contributed by atoms with Crippen molar-refractivity contribution in [3.05, 3.63) is 65.9 Å². The van der Waals surface area contributed by atoms with Gasteiger partial charge in [0.15, 0.2) is 0 Å². The molecular formula is C20H20F2N2O2. The average Bonchev–Trinajstić information content (AvgIpc) is 3.01. The van der Waals surface area contributed by atoms with Crippen molar-refractivity contribution < 1.29 is 18.3 Å². The third-order valence-corrected chi connectivity index (χ3v) is 4.25. The Morgan fingerprint density at radius 3 is 2.65 bits per heavy atom. The maximum Gasteiger partial charge on any atom is 0.224 e. The molecule has 1 N–H and O–H groups in total. The molecule has 0 atom stereocenters. The highest BCUT2D eigenvalue weighted by molar-refractivity contribution is 5.94. The molecule has 0 radical (unpaired) electrons. The molecule has 0 aliphatic rings. The zero-order valence-electron chi connectivity index (χ0n) is 14.5. The number of methoxy groups -OCH3 is 1. The highest BCUT2D eigenvalue weighted by Crippen LogP contribution is 2.21. The largest absolute Gasteiger partial charge is 0.383 e. The zero-order chi connectivity index (χ0) is 18.5. The Morgan fingerprint density at radius 1 is 1.15 bits per heavy atom. The minimum Gasteiger partial charge on any atom is -0.383 e. The molecule has 26 heavy (non-hydrogen) atoms. The Balaban J connectivity index is 1.64. The van der Waals surface area contributed by atoms with Crippen LogP contribution >= 0.6 is 0 Å². The molecule has 0 saturated heterocycles. The van der Waals surface area contributed by atoms with Crippen LogP contribution < -0.4 is 5.32 Å². The lowest BCUT2D eigenvalue weighted by atomic mass is 10.1. The van der Waals surface area contributed by atoms with Gasteiger partial charge in [0, 0.05) is 48.4 Å². The number of halogens is 2. The summed E-state index contributed by atoms with van der Waals surface area (Å²) in [7, 11) is 1.66. The fourth-order valence-corrected chi connectivity index (χ4v) is 2.90. The quantitative estimate of drug-likeness (QED) is 0.690. The number of ether oxygens (including phenoxy) is 1. The predicted molar refractivity (Wildman–Crippen MR) is 97.1 cm³/mol. The van der Waals surface area contributed by atoms with Gasteiger partial charge in [-0.1, -0.05) is 6.07 Å². The summed E-state index contributed by atoms with van der Waals surface area (Å²) in [5.41, 5.74) is 1.64. The van der Waals surface area contributed by atoms with Crippen molar-refractivity contribution in [3.63, 3.8) is 0 Å². The second-order valence-electron chi connectivity index (χ2n) is 6.02. The van der Waals surface area contributed by atoms with Gasteiger partial charge in [-0.15, -0.1) is 0 Å². The minimum atomic E-state index is -0.628. The van der Waals surface area contributed by atoms with Gasteiger partial charge >= 0.3 is 0 Å². The normalized spacial score (nSPS) is 11.0. The summed E-state index contributed by atoms with van der Waals surface area (Å²) < 4.78 is 34.4. The number of aromatic nitrogens is 1. The van der Waals surface area contributed by atoms with E-state index < -0.39 is 11.6 Å². The Kier molecular flexibility index (Phi) is 5.63. The number of nitrogens with one attached hydrogen (secondary N) is 1. The molecule has 0 saturated carbocycles. The molecule has 4 nitrogen and oxygen atoms in total. The molecule has 0 aliphatic carbocycles. The van der Waals surface area contributed by atoms with E-state index in [4.69, 9.17) is 4.74 Å². The molecule has 0 bridgehead atoms. The lowest BCUT2D eigenvalue weighted by molar-refractivity contribution is -0.116. The van der Waals surface area contributed by atoms with Gasteiger partial charge in [0.25, 0.3) is 0 Å². The molecule has 0 aliphatic heterocycles. The predicted octanol–water partition coefficient (Wildman–Crippen LogP) is 4.14. The maximum absolute atomic E-state index is 13.6. The number of anilines is 1. The van der Waals surface area contributed by atoms with Gasteiger partial charge in [0.2, 0.25) is 5.91 Å². The number of rotatable bonds is 7. The van der Waals surface area contributed by atoms with Crippen LogP contribution in [0.2, 0.25) is 0 Å². The Labute approximate surface area is 150 Å². The van der Waals surface area contributed by atoms with Crippen LogP contribution in [0.5, 0.6) is 0 Å². The van der Waals surface area contributed by atoms with Crippen molar-refractivity contribution in [2.24, 2.45) is 0 Å². The number of carbonyl (C=O) groups excluding carboxylic acids is 1. The third kappa shape index (κ3) is 4.08. The summed E-state index contributed by atoms with van der Waals surface area (Å²) in [6.07, 6.45) is 1.99. The van der Waals surface area contributed by atoms with Crippen molar-refractivity contribution in [1.29, 1.82) is 0 Å². The van der Waals surface area contributed by atoms with Gasteiger partial charge < -0.3 is 14.6 Å². The van der Waals surface area contributed by atoms with Crippen molar-refractivity contribution in [1.82, 2.24) is 4.57 Å². The first-order valence-electron chi connectivity index (χ1n) is 8.39. The molecule has 0 unspecified atom stereocenters. The lowest BCUT2D eigenvalue weighted by Gasteiger charge is -2.08. The van der Waals surface area contributed by atoms with E-state index in [9.17, 15) is 13.6 Å². The number of carbonyl (C=O) groups is 1. The molecule has 6 heteroatoms. The highest BCUT2D eigenvalue weighted by atomic mass is 19.1. The molecule has 0 fully saturated rings. The second kappa shape index (κ2) is 8.10. The Morgan fingerprint density at radius 2 is 1.92 bits per heavy atom. The Hall–Kier alpha value is -2.73. The lowest BCUT2D eigenvalue weighted by Crippen LogP contribution is -2.13. The van der Waals surface area contributed by atoms with Crippen LogP contribution in [0, 0.1) is 11.6 Å². The van der Waals surface area contributed by atoms with E-state index in [0.29, 0.717) is 12.3 Å². The maximum atomic E-state index is 13.6. The number of nitrogens with zero attached hydrogens (tertiary/aromatic N) is 1. The van der Waals surface area contributed by atoms with Crippen molar-refractivity contribution in [3.8, 4) is 0 Å². The summed E-state index contributed by atoms with van der Waals surface area (Å²) in [6, 6.07) is 11.3. The number of fused-ring (bicyclic) bond motifs is 1. The summed E-state index contributed by atoms with van der Waals surface area (Å²) >= 11 is 0. The van der Waals surface area contributed by atoms with Gasteiger partial charge in [-0.2, -0.15) is 0 Å². The van der Waals surface area contributed by atoms with E-state index in [-0.39, 0.29) is 24.3 Å². The van der Waals surface area contributed by atoms with Gasteiger partial charge in [-0.25, -0.2) is 8.78 Å². The molecule has 3 rings (SSSR count). The average molecular weight is 358 g/mol. The van der Waals surface area contributed by atoms with E-state index in [1.54, 1.807) is 7.11 Å². The number of benzene rings is 2. The second-order valence-corrected chi connectivity index (χ2v) is 6.02. The van der Waals surface area contributed by atoms with E-state index in [2.05, 4.69) is 9.88 Å². The van der Waals surface area contributed by atoms with Crippen LogP contribution in [0.4, 0.5) is 14.5 Å². The van der Waals surface area contributed by atoms with E-state index >= 15 is 0 Å². The van der Waals surface area contributed by atoms with Gasteiger partial charge in [-0.05, 0) is 42.8 Å². The van der Waals surface area contributed by atoms with Crippen LogP contribution in [0.3, 0.4) is 0 Å². The summed E-state index contributed by atoms with van der Waals surface area (Å²) in [4.78, 5) is 12.1. The van der Waals surface area contributed by atoms with Gasteiger partial charge in [0.1, 0.15) is 11.6 Å². The number of amides is 1. The van der Waals surface area contributed by atoms with Crippen molar-refractivity contribution in [2.45, 2.75) is 19.4 Å². The third-order valence-electron chi connectivity index (χ3n) is 4.25. The first-order chi connectivity index (χ1) is 12.6. The van der Waals surface area contributed by atoms with Crippen LogP contribution in [0.1, 0.15) is 12.0 Å².